The lowest BCUT2D eigenvalue weighted by Gasteiger charge is -2.05. The van der Waals surface area contributed by atoms with Gasteiger partial charge in [0.15, 0.2) is 10.9 Å². The first kappa shape index (κ1) is 19.7. The van der Waals surface area contributed by atoms with Crippen molar-refractivity contribution in [3.63, 3.8) is 0 Å². The lowest BCUT2D eigenvalue weighted by molar-refractivity contribution is -0.385. The maximum absolute atomic E-state index is 11.9. The molecule has 2 aromatic rings. The van der Waals surface area contributed by atoms with E-state index in [-0.39, 0.29) is 23.1 Å². The Bertz CT molecular complexity index is 823. The Balaban J connectivity index is 1.86. The average molecular weight is 397 g/mol. The van der Waals surface area contributed by atoms with E-state index in [0.717, 1.165) is 11.3 Å². The lowest BCUT2D eigenvalue weighted by Crippen LogP contribution is -2.13. The number of thioether (sulfide) groups is 1. The zero-order valence-corrected chi connectivity index (χ0v) is 15.5. The van der Waals surface area contributed by atoms with Gasteiger partial charge in [-0.3, -0.25) is 14.9 Å². The van der Waals surface area contributed by atoms with Crippen LogP contribution in [0.3, 0.4) is 0 Å². The third-order valence-corrected chi connectivity index (χ3v) is 4.98. The number of aromatic nitrogens is 1. The first-order valence-corrected chi connectivity index (χ1v) is 9.14. The van der Waals surface area contributed by atoms with Crippen LogP contribution in [-0.4, -0.2) is 41.8 Å². The quantitative estimate of drug-likeness (QED) is 0.410. The number of hydrogen-bond donors (Lipinski definition) is 1. The minimum absolute atomic E-state index is 0.117. The fraction of sp³-hybridized carbons (Fsp3) is 0.267. The molecule has 0 fully saturated rings. The SMILES string of the molecule is COC(=O)c1cnc(NC(=O)CSCc2ccc(OC)c([N+](=O)[O-])c2)s1. The highest BCUT2D eigenvalue weighted by Crippen LogP contribution is 2.29. The Morgan fingerprint density at radius 1 is 1.38 bits per heavy atom. The Morgan fingerprint density at radius 3 is 2.81 bits per heavy atom. The highest BCUT2D eigenvalue weighted by atomic mass is 32.2. The molecule has 0 unspecified atom stereocenters. The minimum Gasteiger partial charge on any atom is -0.490 e. The molecule has 0 atom stereocenters. The van der Waals surface area contributed by atoms with E-state index in [9.17, 15) is 19.7 Å². The summed E-state index contributed by atoms with van der Waals surface area (Å²) in [6.07, 6.45) is 1.33. The molecule has 2 rings (SSSR count). The van der Waals surface area contributed by atoms with E-state index in [1.165, 1.54) is 44.3 Å². The molecule has 0 saturated heterocycles. The number of rotatable bonds is 8. The van der Waals surface area contributed by atoms with Crippen LogP contribution < -0.4 is 10.1 Å². The first-order chi connectivity index (χ1) is 12.4. The summed E-state index contributed by atoms with van der Waals surface area (Å²) in [6.45, 7) is 0. The van der Waals surface area contributed by atoms with Crippen molar-refractivity contribution in [3.8, 4) is 5.75 Å². The molecule has 1 aromatic heterocycles. The number of nitrogens with one attached hydrogen (secondary N) is 1. The topological polar surface area (TPSA) is 121 Å². The number of anilines is 1. The highest BCUT2D eigenvalue weighted by Gasteiger charge is 2.16. The van der Waals surface area contributed by atoms with E-state index in [2.05, 4.69) is 15.0 Å². The molecule has 1 aromatic carbocycles. The Hall–Kier alpha value is -2.66. The number of nitro benzene ring substituents is 1. The van der Waals surface area contributed by atoms with Gasteiger partial charge in [-0.2, -0.15) is 0 Å². The standard InChI is InChI=1S/C15H15N3O6S2/c1-23-11-4-3-9(5-10(11)18(21)22)7-25-8-13(19)17-15-16-6-12(26-15)14(20)24-2/h3-6H,7-8H2,1-2H3,(H,16,17,19). The Labute approximate surface area is 156 Å². The third kappa shape index (κ3) is 5.17. The molecule has 1 heterocycles. The molecular weight excluding hydrogens is 382 g/mol. The number of benzene rings is 1. The summed E-state index contributed by atoms with van der Waals surface area (Å²) in [7, 11) is 2.63. The summed E-state index contributed by atoms with van der Waals surface area (Å²) in [4.78, 5) is 38.0. The van der Waals surface area contributed by atoms with Gasteiger partial charge in [0.1, 0.15) is 4.88 Å². The molecule has 0 aliphatic carbocycles. The van der Waals surface area contributed by atoms with Crippen LogP contribution >= 0.6 is 23.1 Å². The van der Waals surface area contributed by atoms with Gasteiger partial charge in [-0.1, -0.05) is 17.4 Å². The molecule has 11 heteroatoms. The van der Waals surface area contributed by atoms with Crippen LogP contribution in [-0.2, 0) is 15.3 Å². The molecule has 0 aliphatic heterocycles. The van der Waals surface area contributed by atoms with Gasteiger partial charge in [0.2, 0.25) is 5.91 Å². The zero-order valence-electron chi connectivity index (χ0n) is 13.9. The predicted molar refractivity (Wildman–Crippen MR) is 97.9 cm³/mol. The molecule has 0 bridgehead atoms. The lowest BCUT2D eigenvalue weighted by atomic mass is 10.2. The van der Waals surface area contributed by atoms with Crippen molar-refractivity contribution < 1.29 is 24.0 Å². The molecule has 0 radical (unpaired) electrons. The number of nitro groups is 1. The fourth-order valence-corrected chi connectivity index (χ4v) is 3.44. The number of carbonyl (C=O) groups excluding carboxylic acids is 2. The van der Waals surface area contributed by atoms with Gasteiger partial charge < -0.3 is 14.8 Å². The predicted octanol–water partition coefficient (Wildman–Crippen LogP) is 2.72. The molecule has 26 heavy (non-hydrogen) atoms. The Kier molecular flexibility index (Phi) is 6.92. The number of carbonyl (C=O) groups is 2. The van der Waals surface area contributed by atoms with Crippen molar-refractivity contribution in [2.24, 2.45) is 0 Å². The Morgan fingerprint density at radius 2 is 2.15 bits per heavy atom. The zero-order chi connectivity index (χ0) is 19.1. The van der Waals surface area contributed by atoms with Gasteiger partial charge in [0.05, 0.1) is 31.1 Å². The van der Waals surface area contributed by atoms with Gasteiger partial charge in [-0.05, 0) is 11.6 Å². The normalized spacial score (nSPS) is 10.2. The summed E-state index contributed by atoms with van der Waals surface area (Å²) < 4.78 is 9.52. The van der Waals surface area contributed by atoms with E-state index >= 15 is 0 Å². The first-order valence-electron chi connectivity index (χ1n) is 7.17. The number of thiazole rings is 1. The molecule has 1 N–H and O–H groups in total. The van der Waals surface area contributed by atoms with Crippen molar-refractivity contribution in [2.75, 3.05) is 25.3 Å². The van der Waals surface area contributed by atoms with Crippen molar-refractivity contribution in [1.29, 1.82) is 0 Å². The van der Waals surface area contributed by atoms with E-state index in [1.807, 2.05) is 0 Å². The van der Waals surface area contributed by atoms with Crippen LogP contribution in [0.25, 0.3) is 0 Å². The monoisotopic (exact) mass is 397 g/mol. The number of ether oxygens (including phenoxy) is 2. The third-order valence-electron chi connectivity index (χ3n) is 3.08. The number of hydrogen-bond acceptors (Lipinski definition) is 9. The molecule has 1 amide bonds. The summed E-state index contributed by atoms with van der Waals surface area (Å²) in [5.41, 5.74) is 0.589. The summed E-state index contributed by atoms with van der Waals surface area (Å²) >= 11 is 2.31. The number of amides is 1. The van der Waals surface area contributed by atoms with Crippen LogP contribution in [0.2, 0.25) is 0 Å². The van der Waals surface area contributed by atoms with Crippen molar-refractivity contribution in [1.82, 2.24) is 4.98 Å². The van der Waals surface area contributed by atoms with E-state index in [1.54, 1.807) is 6.07 Å². The van der Waals surface area contributed by atoms with Crippen molar-refractivity contribution in [2.45, 2.75) is 5.75 Å². The second-order valence-corrected chi connectivity index (χ2v) is 6.84. The van der Waals surface area contributed by atoms with Gasteiger partial charge >= 0.3 is 11.7 Å². The molecular formula is C15H15N3O6S2. The number of nitrogens with zero attached hydrogens (tertiary/aromatic N) is 2. The number of methoxy groups -OCH3 is 2. The van der Waals surface area contributed by atoms with Gasteiger partial charge in [-0.15, -0.1) is 11.8 Å². The summed E-state index contributed by atoms with van der Waals surface area (Å²) in [6, 6.07) is 4.66. The van der Waals surface area contributed by atoms with Crippen molar-refractivity contribution in [3.05, 3.63) is 45.0 Å². The molecule has 0 aliphatic rings. The summed E-state index contributed by atoms with van der Waals surface area (Å²) in [5.74, 6) is -0.0647. The van der Waals surface area contributed by atoms with Crippen LogP contribution in [0.1, 0.15) is 15.2 Å². The van der Waals surface area contributed by atoms with Crippen LogP contribution in [0.4, 0.5) is 10.8 Å². The maximum Gasteiger partial charge on any atom is 0.349 e. The largest absolute Gasteiger partial charge is 0.490 e. The van der Waals surface area contributed by atoms with Crippen LogP contribution in [0, 0.1) is 10.1 Å². The van der Waals surface area contributed by atoms with Crippen LogP contribution in [0.5, 0.6) is 5.75 Å². The molecule has 9 nitrogen and oxygen atoms in total. The smallest absolute Gasteiger partial charge is 0.349 e. The molecule has 0 spiro atoms. The van der Waals surface area contributed by atoms with Crippen molar-refractivity contribution >= 4 is 45.8 Å². The molecule has 138 valence electrons. The minimum atomic E-state index is -0.515. The molecule has 0 saturated carbocycles. The maximum atomic E-state index is 11.9. The highest BCUT2D eigenvalue weighted by molar-refractivity contribution is 7.99. The fourth-order valence-electron chi connectivity index (χ4n) is 1.91. The van der Waals surface area contributed by atoms with E-state index < -0.39 is 10.9 Å². The average Bonchev–Trinajstić information content (AvgIpc) is 3.09. The summed E-state index contributed by atoms with van der Waals surface area (Å²) in [5, 5.41) is 13.9. The van der Waals surface area contributed by atoms with Gasteiger partial charge in [-0.25, -0.2) is 9.78 Å². The second kappa shape index (κ2) is 9.15. The van der Waals surface area contributed by atoms with Gasteiger partial charge in [0, 0.05) is 11.8 Å². The second-order valence-electron chi connectivity index (χ2n) is 4.83. The van der Waals surface area contributed by atoms with E-state index in [0.29, 0.717) is 21.3 Å². The van der Waals surface area contributed by atoms with Crippen LogP contribution in [0.15, 0.2) is 24.4 Å². The number of esters is 1. The van der Waals surface area contributed by atoms with Gasteiger partial charge in [0.25, 0.3) is 0 Å². The van der Waals surface area contributed by atoms with E-state index in [4.69, 9.17) is 4.74 Å².